The van der Waals surface area contributed by atoms with Crippen molar-refractivity contribution in [2.24, 2.45) is 0 Å². The van der Waals surface area contributed by atoms with E-state index in [9.17, 15) is 0 Å². The second-order valence-corrected chi connectivity index (χ2v) is 16.3. The summed E-state index contributed by atoms with van der Waals surface area (Å²) in [5, 5.41) is 0. The van der Waals surface area contributed by atoms with Crippen LogP contribution in [0.5, 0.6) is 0 Å². The Morgan fingerprint density at radius 2 is 1.20 bits per heavy atom. The van der Waals surface area contributed by atoms with Gasteiger partial charge in [0.15, 0.2) is 0 Å². The van der Waals surface area contributed by atoms with Crippen LogP contribution in [0.3, 0.4) is 0 Å². The Morgan fingerprint density at radius 3 is 1.60 bits per heavy atom. The molecule has 0 atom stereocenters. The molecule has 0 fully saturated rings. The van der Waals surface area contributed by atoms with Crippen molar-refractivity contribution < 1.29 is 0 Å². The zero-order valence-corrected chi connectivity index (χ0v) is 13.1. The fourth-order valence-electron chi connectivity index (χ4n) is 2.15. The molecule has 0 nitrogen and oxygen atoms in total. The van der Waals surface area contributed by atoms with Gasteiger partial charge in [0.1, 0.15) is 0 Å². The molecule has 1 rings (SSSR count). The molecule has 0 saturated heterocycles. The number of hydrogen-bond acceptors (Lipinski definition) is 0. The van der Waals surface area contributed by atoms with Crippen LogP contribution in [-0.4, -0.2) is 18.4 Å². The molecule has 84 valence electrons. The van der Waals surface area contributed by atoms with Crippen molar-refractivity contribution in [3.8, 4) is 0 Å². The molecule has 0 spiro atoms. The SMILES string of the molecule is CCC[CH2][Sn]1([CH2]CCC)[CH]=CC=CC=[CH]1. The van der Waals surface area contributed by atoms with Gasteiger partial charge < -0.3 is 0 Å². The van der Waals surface area contributed by atoms with Crippen LogP contribution in [0, 0.1) is 0 Å². The van der Waals surface area contributed by atoms with Crippen LogP contribution in [0.25, 0.3) is 0 Å². The first-order valence-electron chi connectivity index (χ1n) is 6.37. The minimum atomic E-state index is -1.99. The van der Waals surface area contributed by atoms with E-state index in [0.717, 1.165) is 0 Å². The first-order chi connectivity index (χ1) is 7.33. The predicted octanol–water partition coefficient (Wildman–Crippen LogP) is 4.80. The number of hydrogen-bond donors (Lipinski definition) is 0. The van der Waals surface area contributed by atoms with Crippen LogP contribution in [0.2, 0.25) is 8.87 Å². The molecular weight excluding hydrogens is 287 g/mol. The second-order valence-electron chi connectivity index (χ2n) is 4.54. The predicted molar refractivity (Wildman–Crippen MR) is 72.6 cm³/mol. The van der Waals surface area contributed by atoms with Gasteiger partial charge in [0.05, 0.1) is 0 Å². The molecule has 1 aliphatic rings. The Bertz CT molecular complexity index is 222. The summed E-state index contributed by atoms with van der Waals surface area (Å²) in [7, 11) is 0. The van der Waals surface area contributed by atoms with E-state index in [1.165, 1.54) is 34.6 Å². The van der Waals surface area contributed by atoms with Gasteiger partial charge in [-0.05, 0) is 0 Å². The average Bonchev–Trinajstić information content (AvgIpc) is 2.50. The average molecular weight is 311 g/mol. The maximum absolute atomic E-state index is 2.61. The molecule has 0 aromatic heterocycles. The molecule has 0 aromatic carbocycles. The van der Waals surface area contributed by atoms with Crippen molar-refractivity contribution >= 4 is 18.4 Å². The van der Waals surface area contributed by atoms with Crippen LogP contribution in [0.1, 0.15) is 39.5 Å². The van der Waals surface area contributed by atoms with E-state index >= 15 is 0 Å². The van der Waals surface area contributed by atoms with Crippen molar-refractivity contribution in [1.29, 1.82) is 0 Å². The second kappa shape index (κ2) is 7.32. The van der Waals surface area contributed by atoms with Crippen LogP contribution in [0.15, 0.2) is 32.5 Å². The topological polar surface area (TPSA) is 0 Å². The van der Waals surface area contributed by atoms with Crippen molar-refractivity contribution in [3.63, 3.8) is 0 Å². The molecule has 0 N–H and O–H groups in total. The number of rotatable bonds is 6. The van der Waals surface area contributed by atoms with Crippen LogP contribution in [-0.2, 0) is 0 Å². The number of allylic oxidation sites excluding steroid dienone is 4. The van der Waals surface area contributed by atoms with Gasteiger partial charge in [-0.25, -0.2) is 0 Å². The minimum absolute atomic E-state index is 1.35. The summed E-state index contributed by atoms with van der Waals surface area (Å²) in [6.45, 7) is 4.61. The van der Waals surface area contributed by atoms with Gasteiger partial charge in [0.2, 0.25) is 0 Å². The van der Waals surface area contributed by atoms with E-state index in [4.69, 9.17) is 0 Å². The van der Waals surface area contributed by atoms with Crippen LogP contribution >= 0.6 is 0 Å². The summed E-state index contributed by atoms with van der Waals surface area (Å²) in [6.07, 6.45) is 14.5. The van der Waals surface area contributed by atoms with Gasteiger partial charge in [-0.15, -0.1) is 0 Å². The van der Waals surface area contributed by atoms with Crippen molar-refractivity contribution in [3.05, 3.63) is 32.5 Å². The summed E-state index contributed by atoms with van der Waals surface area (Å²) in [4.78, 5) is 0. The van der Waals surface area contributed by atoms with Crippen molar-refractivity contribution in [2.75, 3.05) is 0 Å². The molecule has 0 saturated carbocycles. The van der Waals surface area contributed by atoms with E-state index in [1.54, 1.807) is 0 Å². The molecule has 1 heterocycles. The maximum atomic E-state index is 2.61. The molecular formula is C14H24Sn. The Kier molecular flexibility index (Phi) is 6.38. The summed E-state index contributed by atoms with van der Waals surface area (Å²) in [5.74, 6) is 0. The molecule has 1 heteroatoms. The van der Waals surface area contributed by atoms with Gasteiger partial charge in [-0.2, -0.15) is 0 Å². The first-order valence-corrected chi connectivity index (χ1v) is 13.7. The molecule has 0 radical (unpaired) electrons. The van der Waals surface area contributed by atoms with Gasteiger partial charge in [0, 0.05) is 0 Å². The third kappa shape index (κ3) is 4.58. The molecule has 15 heavy (non-hydrogen) atoms. The third-order valence-corrected chi connectivity index (χ3v) is 15.4. The zero-order valence-electron chi connectivity index (χ0n) is 10.2. The first kappa shape index (κ1) is 13.1. The molecule has 1 aliphatic heterocycles. The van der Waals surface area contributed by atoms with Crippen molar-refractivity contribution in [1.82, 2.24) is 0 Å². The van der Waals surface area contributed by atoms with Gasteiger partial charge >= 0.3 is 99.3 Å². The Balaban J connectivity index is 2.66. The molecule has 0 unspecified atom stereocenters. The number of unbranched alkanes of at least 4 members (excludes halogenated alkanes) is 2. The van der Waals surface area contributed by atoms with E-state index in [-0.39, 0.29) is 0 Å². The van der Waals surface area contributed by atoms with E-state index < -0.39 is 18.4 Å². The molecule has 0 aliphatic carbocycles. The van der Waals surface area contributed by atoms with E-state index in [1.807, 2.05) is 0 Å². The third-order valence-electron chi connectivity index (χ3n) is 3.18. The van der Waals surface area contributed by atoms with Crippen LogP contribution in [0.4, 0.5) is 0 Å². The quantitative estimate of drug-likeness (QED) is 0.618. The van der Waals surface area contributed by atoms with Gasteiger partial charge in [-0.1, -0.05) is 0 Å². The van der Waals surface area contributed by atoms with Crippen LogP contribution < -0.4 is 0 Å². The summed E-state index contributed by atoms with van der Waals surface area (Å²) in [5.41, 5.74) is 0. The Labute approximate surface area is 99.0 Å². The van der Waals surface area contributed by atoms with E-state index in [2.05, 4.69) is 46.3 Å². The summed E-state index contributed by atoms with van der Waals surface area (Å²) >= 11 is -1.99. The molecule has 0 bridgehead atoms. The summed E-state index contributed by atoms with van der Waals surface area (Å²) < 4.78 is 8.25. The summed E-state index contributed by atoms with van der Waals surface area (Å²) in [6, 6.07) is 0. The fraction of sp³-hybridized carbons (Fsp3) is 0.571. The molecule has 0 amide bonds. The fourth-order valence-corrected chi connectivity index (χ4v) is 13.7. The monoisotopic (exact) mass is 312 g/mol. The van der Waals surface area contributed by atoms with Crippen molar-refractivity contribution in [2.45, 2.75) is 48.4 Å². The zero-order chi connectivity index (χ0) is 11.0. The van der Waals surface area contributed by atoms with Gasteiger partial charge in [0.25, 0.3) is 0 Å². The standard InChI is InChI=1S/C6H6.2C4H9.Sn/c1-3-5-6-4-2;2*1-3-4-2;/h1-6H;2*1,3-4H2,2H3;. The Hall–Kier alpha value is 0.0187. The van der Waals surface area contributed by atoms with E-state index in [0.29, 0.717) is 0 Å². The molecule has 0 aromatic rings. The normalized spacial score (nSPS) is 18.0. The Morgan fingerprint density at radius 1 is 0.733 bits per heavy atom. The van der Waals surface area contributed by atoms with Gasteiger partial charge in [-0.3, -0.25) is 0 Å².